The molecule has 3 rings (SSSR count). The number of hydrogen-bond donors (Lipinski definition) is 0. The van der Waals surface area contributed by atoms with Crippen molar-refractivity contribution in [3.63, 3.8) is 0 Å². The largest absolute Gasteiger partial charge is 0.303 e. The molecule has 0 aromatic heterocycles. The van der Waals surface area contributed by atoms with Crippen LogP contribution in [0.5, 0.6) is 0 Å². The lowest BCUT2D eigenvalue weighted by molar-refractivity contribution is -0.221. The molecule has 3 aliphatic rings. The highest BCUT2D eigenvalue weighted by molar-refractivity contribution is 5.50. The molecule has 0 unspecified atom stereocenters. The van der Waals surface area contributed by atoms with Crippen LogP contribution in [0.25, 0.3) is 0 Å². The summed E-state index contributed by atoms with van der Waals surface area (Å²) in [4.78, 5) is 16.8. The van der Waals surface area contributed by atoms with Gasteiger partial charge in [-0.25, -0.2) is 0 Å². The summed E-state index contributed by atoms with van der Waals surface area (Å²) >= 11 is 0. The Balaban J connectivity index is 1.93. The van der Waals surface area contributed by atoms with Gasteiger partial charge in [0.1, 0.15) is 6.29 Å². The number of nitriles is 1. The van der Waals surface area contributed by atoms with Crippen molar-refractivity contribution in [1.82, 2.24) is 5.06 Å². The highest BCUT2D eigenvalue weighted by Gasteiger charge is 2.60. The molecular weight excluding hydrogens is 216 g/mol. The summed E-state index contributed by atoms with van der Waals surface area (Å²) in [6.07, 6.45) is 7.96. The van der Waals surface area contributed by atoms with Gasteiger partial charge in [0.25, 0.3) is 0 Å². The normalized spacial score (nSPS) is 45.0. The standard InChI is InChI=1S/C13H18N2O2/c14-9-11-12-4-2-7-13(11)6-1-3-10(5-8-16)15(13)17-12/h8,10-12H,1-7H2/t10-,11+,12-,13+/m0/s1. The molecule has 4 heteroatoms. The minimum Gasteiger partial charge on any atom is -0.303 e. The molecule has 1 spiro atoms. The molecule has 2 heterocycles. The van der Waals surface area contributed by atoms with Gasteiger partial charge in [-0.3, -0.25) is 4.84 Å². The first kappa shape index (κ1) is 11.2. The van der Waals surface area contributed by atoms with Crippen molar-refractivity contribution < 1.29 is 9.63 Å². The molecule has 0 aromatic rings. The average molecular weight is 234 g/mol. The lowest BCUT2D eigenvalue weighted by Crippen LogP contribution is -2.55. The first-order valence-corrected chi connectivity index (χ1v) is 6.61. The smallest absolute Gasteiger partial charge is 0.121 e. The number of piperidine rings is 1. The van der Waals surface area contributed by atoms with Crippen LogP contribution in [0, 0.1) is 17.2 Å². The van der Waals surface area contributed by atoms with Gasteiger partial charge in [0.05, 0.1) is 23.6 Å². The van der Waals surface area contributed by atoms with Crippen LogP contribution in [-0.4, -0.2) is 29.0 Å². The van der Waals surface area contributed by atoms with Gasteiger partial charge in [-0.15, -0.1) is 0 Å². The van der Waals surface area contributed by atoms with Crippen LogP contribution in [0.1, 0.15) is 44.9 Å². The molecule has 2 bridgehead atoms. The Hall–Kier alpha value is -0.920. The van der Waals surface area contributed by atoms with Gasteiger partial charge < -0.3 is 4.79 Å². The molecule has 0 aromatic carbocycles. The predicted molar refractivity (Wildman–Crippen MR) is 60.7 cm³/mol. The fraction of sp³-hybridized carbons (Fsp3) is 0.846. The van der Waals surface area contributed by atoms with Crippen molar-refractivity contribution in [3.8, 4) is 6.07 Å². The van der Waals surface area contributed by atoms with E-state index < -0.39 is 0 Å². The zero-order valence-electron chi connectivity index (χ0n) is 9.97. The summed E-state index contributed by atoms with van der Waals surface area (Å²) < 4.78 is 0. The van der Waals surface area contributed by atoms with Crippen molar-refractivity contribution >= 4 is 6.29 Å². The van der Waals surface area contributed by atoms with Gasteiger partial charge in [0.2, 0.25) is 0 Å². The van der Waals surface area contributed by atoms with E-state index in [1.807, 2.05) is 0 Å². The Morgan fingerprint density at radius 3 is 2.88 bits per heavy atom. The number of fused-ring (bicyclic) bond motifs is 1. The van der Waals surface area contributed by atoms with Crippen molar-refractivity contribution in [3.05, 3.63) is 0 Å². The lowest BCUT2D eigenvalue weighted by atomic mass is 9.68. The predicted octanol–water partition coefficient (Wildman–Crippen LogP) is 1.81. The van der Waals surface area contributed by atoms with Crippen molar-refractivity contribution in [2.24, 2.45) is 5.92 Å². The van der Waals surface area contributed by atoms with Crippen molar-refractivity contribution in [2.45, 2.75) is 62.6 Å². The summed E-state index contributed by atoms with van der Waals surface area (Å²) in [5.41, 5.74) is -0.0798. The Kier molecular flexibility index (Phi) is 2.68. The number of hydrogen-bond acceptors (Lipinski definition) is 4. The average Bonchev–Trinajstić information content (AvgIpc) is 2.51. The molecule has 0 radical (unpaired) electrons. The van der Waals surface area contributed by atoms with Gasteiger partial charge in [-0.2, -0.15) is 10.3 Å². The van der Waals surface area contributed by atoms with Crippen LogP contribution in [0.2, 0.25) is 0 Å². The molecule has 1 aliphatic carbocycles. The topological polar surface area (TPSA) is 53.3 Å². The SMILES string of the molecule is N#C[C@@H]1[C@@H]2CCC[C@]13CCC[C@@H](CC=O)N3O2. The Morgan fingerprint density at radius 1 is 1.41 bits per heavy atom. The third kappa shape index (κ3) is 1.46. The molecule has 2 aliphatic heterocycles. The van der Waals surface area contributed by atoms with Gasteiger partial charge in [0, 0.05) is 12.5 Å². The Labute approximate surface area is 101 Å². The molecule has 92 valence electrons. The first-order chi connectivity index (χ1) is 8.31. The first-order valence-electron chi connectivity index (χ1n) is 6.61. The van der Waals surface area contributed by atoms with Crippen LogP contribution in [0.4, 0.5) is 0 Å². The van der Waals surface area contributed by atoms with Gasteiger partial charge in [-0.05, 0) is 38.5 Å². The summed E-state index contributed by atoms with van der Waals surface area (Å²) in [5, 5.41) is 11.4. The highest BCUT2D eigenvalue weighted by Crippen LogP contribution is 2.52. The van der Waals surface area contributed by atoms with Gasteiger partial charge in [-0.1, -0.05) is 0 Å². The zero-order chi connectivity index (χ0) is 11.9. The van der Waals surface area contributed by atoms with E-state index in [1.54, 1.807) is 0 Å². The lowest BCUT2D eigenvalue weighted by Gasteiger charge is -2.46. The maximum Gasteiger partial charge on any atom is 0.121 e. The number of aldehydes is 1. The Morgan fingerprint density at radius 2 is 2.18 bits per heavy atom. The van der Waals surface area contributed by atoms with E-state index in [2.05, 4.69) is 11.1 Å². The fourth-order valence-electron chi connectivity index (χ4n) is 4.02. The second-order valence-electron chi connectivity index (χ2n) is 5.52. The fourth-order valence-corrected chi connectivity index (χ4v) is 4.02. The van der Waals surface area contributed by atoms with Gasteiger partial charge >= 0.3 is 0 Å². The molecule has 2 saturated heterocycles. The van der Waals surface area contributed by atoms with E-state index in [1.165, 1.54) is 0 Å². The number of hydroxylamine groups is 2. The van der Waals surface area contributed by atoms with Crippen molar-refractivity contribution in [1.29, 1.82) is 5.26 Å². The number of nitrogens with zero attached hydrogens (tertiary/aromatic N) is 2. The third-order valence-corrected chi connectivity index (χ3v) is 4.72. The van der Waals surface area contributed by atoms with Crippen LogP contribution in [0.15, 0.2) is 0 Å². The van der Waals surface area contributed by atoms with E-state index in [-0.39, 0.29) is 23.6 Å². The second kappa shape index (κ2) is 4.08. The zero-order valence-corrected chi connectivity index (χ0v) is 9.97. The molecule has 4 atom stereocenters. The highest BCUT2D eigenvalue weighted by atomic mass is 16.7. The van der Waals surface area contributed by atoms with E-state index >= 15 is 0 Å². The van der Waals surface area contributed by atoms with Crippen LogP contribution < -0.4 is 0 Å². The quantitative estimate of drug-likeness (QED) is 0.684. The molecule has 0 N–H and O–H groups in total. The maximum atomic E-state index is 10.8. The third-order valence-electron chi connectivity index (χ3n) is 4.72. The monoisotopic (exact) mass is 234 g/mol. The minimum absolute atomic E-state index is 0.00528. The molecule has 4 nitrogen and oxygen atoms in total. The maximum absolute atomic E-state index is 10.8. The minimum atomic E-state index is -0.0798. The summed E-state index contributed by atoms with van der Waals surface area (Å²) in [7, 11) is 0. The number of rotatable bonds is 2. The second-order valence-corrected chi connectivity index (χ2v) is 5.52. The van der Waals surface area contributed by atoms with Crippen LogP contribution >= 0.6 is 0 Å². The molecular formula is C13H18N2O2. The van der Waals surface area contributed by atoms with E-state index in [4.69, 9.17) is 4.84 Å². The van der Waals surface area contributed by atoms with E-state index in [0.29, 0.717) is 6.42 Å². The van der Waals surface area contributed by atoms with Crippen LogP contribution in [0.3, 0.4) is 0 Å². The Bertz CT molecular complexity index is 361. The molecule has 1 saturated carbocycles. The van der Waals surface area contributed by atoms with E-state index in [9.17, 15) is 10.1 Å². The molecule has 0 amide bonds. The van der Waals surface area contributed by atoms with Gasteiger partial charge in [0.15, 0.2) is 0 Å². The molecule has 17 heavy (non-hydrogen) atoms. The van der Waals surface area contributed by atoms with Crippen LogP contribution in [-0.2, 0) is 9.63 Å². The number of carbonyl (C=O) groups is 1. The summed E-state index contributed by atoms with van der Waals surface area (Å²) in [6, 6.07) is 2.66. The summed E-state index contributed by atoms with van der Waals surface area (Å²) in [5.74, 6) is 0.00528. The van der Waals surface area contributed by atoms with E-state index in [0.717, 1.165) is 44.8 Å². The summed E-state index contributed by atoms with van der Waals surface area (Å²) in [6.45, 7) is 0. The van der Waals surface area contributed by atoms with Crippen molar-refractivity contribution in [2.75, 3.05) is 0 Å². The number of carbonyl (C=O) groups excluding carboxylic acids is 1. The molecule has 3 fully saturated rings.